The second-order valence-electron chi connectivity index (χ2n) is 9.29. The van der Waals surface area contributed by atoms with Gasteiger partial charge < -0.3 is 0 Å². The smallest absolute Gasteiger partial charge is 0.295 e. The molecule has 1 aliphatic carbocycles. The summed E-state index contributed by atoms with van der Waals surface area (Å²) >= 11 is 0. The highest BCUT2D eigenvalue weighted by atomic mass is 17.3. The Bertz CT molecular complexity index is 437. The third-order valence-corrected chi connectivity index (χ3v) is 6.16. The van der Waals surface area contributed by atoms with E-state index < -0.39 is 5.79 Å². The quantitative estimate of drug-likeness (QED) is 0.0803. The molecule has 1 fully saturated rings. The Morgan fingerprint density at radius 2 is 0.938 bits per heavy atom. The molecule has 0 N–H and O–H groups in total. The molecule has 0 saturated heterocycles. The van der Waals surface area contributed by atoms with Gasteiger partial charge in [0, 0.05) is 25.7 Å². The highest BCUT2D eigenvalue weighted by Crippen LogP contribution is 2.33. The predicted molar refractivity (Wildman–Crippen MR) is 125 cm³/mol. The molecule has 0 amide bonds. The van der Waals surface area contributed by atoms with Gasteiger partial charge in [0.25, 0.3) is 5.79 Å². The molecule has 0 heterocycles. The third-order valence-electron chi connectivity index (χ3n) is 6.16. The van der Waals surface area contributed by atoms with Gasteiger partial charge in [-0.05, 0) is 25.7 Å². The first-order chi connectivity index (χ1) is 15.6. The summed E-state index contributed by atoms with van der Waals surface area (Å²) in [5, 5.41) is 0. The van der Waals surface area contributed by atoms with Crippen molar-refractivity contribution in [2.24, 2.45) is 0 Å². The highest BCUT2D eigenvalue weighted by Gasteiger charge is 2.40. The standard InChI is InChI=1S/C26H48O6/c1-3-5-7-9-11-13-16-20-24(27)29-31-26(22-18-15-19-23-26)32-30-25(28)21-17-14-12-10-8-6-4-2/h3-23H2,1-2H3. The molecule has 0 aliphatic heterocycles. The van der Waals surface area contributed by atoms with Crippen molar-refractivity contribution in [1.29, 1.82) is 0 Å². The van der Waals surface area contributed by atoms with Crippen molar-refractivity contribution in [3.05, 3.63) is 0 Å². The second-order valence-corrected chi connectivity index (χ2v) is 9.29. The first-order valence-electron chi connectivity index (χ1n) is 13.4. The van der Waals surface area contributed by atoms with Gasteiger partial charge in [-0.25, -0.2) is 9.59 Å². The lowest BCUT2D eigenvalue weighted by Crippen LogP contribution is -2.39. The van der Waals surface area contributed by atoms with Crippen LogP contribution in [-0.2, 0) is 29.1 Å². The average Bonchev–Trinajstić information content (AvgIpc) is 2.81. The Hall–Kier alpha value is -1.14. The normalized spacial score (nSPS) is 15.4. The monoisotopic (exact) mass is 456 g/mol. The summed E-state index contributed by atoms with van der Waals surface area (Å²) in [4.78, 5) is 45.1. The van der Waals surface area contributed by atoms with Crippen molar-refractivity contribution in [1.82, 2.24) is 0 Å². The average molecular weight is 457 g/mol. The van der Waals surface area contributed by atoms with Crippen molar-refractivity contribution in [3.63, 3.8) is 0 Å². The van der Waals surface area contributed by atoms with Gasteiger partial charge >= 0.3 is 11.9 Å². The van der Waals surface area contributed by atoms with Crippen molar-refractivity contribution in [2.75, 3.05) is 0 Å². The number of carbonyl (C=O) groups is 2. The molecular weight excluding hydrogens is 408 g/mol. The summed E-state index contributed by atoms with van der Waals surface area (Å²) < 4.78 is 0. The maximum Gasteiger partial charge on any atom is 0.342 e. The summed E-state index contributed by atoms with van der Waals surface area (Å²) in [6, 6.07) is 0. The lowest BCUT2D eigenvalue weighted by atomic mass is 9.94. The van der Waals surface area contributed by atoms with Gasteiger partial charge in [0.2, 0.25) is 0 Å². The van der Waals surface area contributed by atoms with Gasteiger partial charge in [-0.3, -0.25) is 9.78 Å². The zero-order chi connectivity index (χ0) is 23.3. The molecule has 0 aromatic carbocycles. The summed E-state index contributed by atoms with van der Waals surface area (Å²) in [6.45, 7) is 4.41. The second kappa shape index (κ2) is 19.3. The van der Waals surface area contributed by atoms with Crippen LogP contribution in [0.1, 0.15) is 149 Å². The minimum Gasteiger partial charge on any atom is -0.295 e. The molecule has 0 radical (unpaired) electrons. The Kier molecular flexibility index (Phi) is 17.5. The Labute approximate surface area is 195 Å². The molecule has 0 atom stereocenters. The zero-order valence-corrected chi connectivity index (χ0v) is 20.8. The van der Waals surface area contributed by atoms with Crippen LogP contribution in [0.15, 0.2) is 0 Å². The van der Waals surface area contributed by atoms with E-state index in [1.807, 2.05) is 0 Å². The molecule has 6 heteroatoms. The fourth-order valence-electron chi connectivity index (χ4n) is 4.05. The van der Waals surface area contributed by atoms with Gasteiger partial charge in [-0.2, -0.15) is 0 Å². The highest BCUT2D eigenvalue weighted by molar-refractivity contribution is 5.69. The summed E-state index contributed by atoms with van der Waals surface area (Å²) in [5.41, 5.74) is 0. The molecule has 6 nitrogen and oxygen atoms in total. The molecule has 1 aliphatic rings. The van der Waals surface area contributed by atoms with Gasteiger partial charge in [0.1, 0.15) is 0 Å². The van der Waals surface area contributed by atoms with E-state index >= 15 is 0 Å². The summed E-state index contributed by atoms with van der Waals surface area (Å²) in [5.74, 6) is -1.94. The van der Waals surface area contributed by atoms with E-state index in [2.05, 4.69) is 13.8 Å². The van der Waals surface area contributed by atoms with Crippen LogP contribution in [0.5, 0.6) is 0 Å². The molecule has 0 aromatic rings. The minimum atomic E-state index is -1.16. The van der Waals surface area contributed by atoms with Gasteiger partial charge in [-0.1, -0.05) is 97.3 Å². The SMILES string of the molecule is CCCCCCCCCC(=O)OOC1(OOC(=O)CCCCCCCCC)CCCCC1. The fraction of sp³-hybridized carbons (Fsp3) is 0.923. The van der Waals surface area contributed by atoms with Crippen LogP contribution >= 0.6 is 0 Å². The molecule has 32 heavy (non-hydrogen) atoms. The van der Waals surface area contributed by atoms with E-state index in [4.69, 9.17) is 19.6 Å². The van der Waals surface area contributed by atoms with Crippen LogP contribution in [-0.4, -0.2) is 17.7 Å². The lowest BCUT2D eigenvalue weighted by Gasteiger charge is -2.32. The topological polar surface area (TPSA) is 71.1 Å². The maximum absolute atomic E-state index is 12.1. The Balaban J connectivity index is 2.21. The van der Waals surface area contributed by atoms with E-state index in [-0.39, 0.29) is 11.9 Å². The molecule has 0 bridgehead atoms. The molecule has 0 aromatic heterocycles. The summed E-state index contributed by atoms with van der Waals surface area (Å²) in [6.07, 6.45) is 20.5. The molecule has 0 spiro atoms. The van der Waals surface area contributed by atoms with E-state index in [1.54, 1.807) is 0 Å². The van der Waals surface area contributed by atoms with E-state index in [1.165, 1.54) is 51.4 Å². The van der Waals surface area contributed by atoms with Crippen molar-refractivity contribution in [2.45, 2.75) is 154 Å². The molecular formula is C26H48O6. The Morgan fingerprint density at radius 3 is 1.34 bits per heavy atom. The van der Waals surface area contributed by atoms with Crippen molar-refractivity contribution in [3.8, 4) is 0 Å². The van der Waals surface area contributed by atoms with Crippen LogP contribution in [0, 0.1) is 0 Å². The van der Waals surface area contributed by atoms with E-state index in [0.717, 1.165) is 57.8 Å². The van der Waals surface area contributed by atoms with Crippen LogP contribution in [0.4, 0.5) is 0 Å². The Morgan fingerprint density at radius 1 is 0.562 bits per heavy atom. The zero-order valence-electron chi connectivity index (χ0n) is 20.8. The van der Waals surface area contributed by atoms with Gasteiger partial charge in [0.05, 0.1) is 0 Å². The van der Waals surface area contributed by atoms with Gasteiger partial charge in [0.15, 0.2) is 0 Å². The number of carbonyl (C=O) groups excluding carboxylic acids is 2. The van der Waals surface area contributed by atoms with E-state index in [0.29, 0.717) is 25.7 Å². The van der Waals surface area contributed by atoms with Crippen LogP contribution in [0.3, 0.4) is 0 Å². The summed E-state index contributed by atoms with van der Waals surface area (Å²) in [7, 11) is 0. The molecule has 188 valence electrons. The number of hydrogen-bond donors (Lipinski definition) is 0. The number of hydrogen-bond acceptors (Lipinski definition) is 6. The first-order valence-corrected chi connectivity index (χ1v) is 13.4. The van der Waals surface area contributed by atoms with Crippen molar-refractivity contribution < 1.29 is 29.1 Å². The lowest BCUT2D eigenvalue weighted by molar-refractivity contribution is -0.487. The number of unbranched alkanes of at least 4 members (excludes halogenated alkanes) is 12. The largest absolute Gasteiger partial charge is 0.342 e. The van der Waals surface area contributed by atoms with Gasteiger partial charge in [-0.15, -0.1) is 9.78 Å². The predicted octanol–water partition coefficient (Wildman–Crippen LogP) is 7.88. The fourth-order valence-corrected chi connectivity index (χ4v) is 4.05. The maximum atomic E-state index is 12.1. The minimum absolute atomic E-state index is 0.335. The van der Waals surface area contributed by atoms with E-state index in [9.17, 15) is 9.59 Å². The van der Waals surface area contributed by atoms with Crippen molar-refractivity contribution >= 4 is 11.9 Å². The first kappa shape index (κ1) is 28.9. The molecule has 1 saturated carbocycles. The molecule has 0 unspecified atom stereocenters. The van der Waals surface area contributed by atoms with Crippen LogP contribution in [0.25, 0.3) is 0 Å². The molecule has 1 rings (SSSR count). The number of rotatable bonds is 20. The van der Waals surface area contributed by atoms with Crippen LogP contribution < -0.4 is 0 Å². The van der Waals surface area contributed by atoms with Crippen LogP contribution in [0.2, 0.25) is 0 Å². The third kappa shape index (κ3) is 14.8.